The summed E-state index contributed by atoms with van der Waals surface area (Å²) in [6.07, 6.45) is 2.10. The topological polar surface area (TPSA) is 97.6 Å². The molecule has 0 saturated carbocycles. The Hall–Kier alpha value is -3.87. The van der Waals surface area contributed by atoms with Gasteiger partial charge >= 0.3 is 5.97 Å². The molecular weight excluding hydrogens is 396 g/mol. The van der Waals surface area contributed by atoms with Crippen molar-refractivity contribution in [3.05, 3.63) is 88.9 Å². The van der Waals surface area contributed by atoms with E-state index in [1.54, 1.807) is 31.2 Å². The van der Waals surface area contributed by atoms with Crippen LogP contribution in [0.2, 0.25) is 0 Å². The number of rotatable bonds is 8. The maximum Gasteiger partial charge on any atom is 0.338 e. The zero-order valence-corrected chi connectivity index (χ0v) is 17.4. The van der Waals surface area contributed by atoms with Crippen molar-refractivity contribution in [2.24, 2.45) is 0 Å². The molecule has 7 nitrogen and oxygen atoms in total. The average molecular weight is 420 g/mol. The molecule has 0 aliphatic rings. The Morgan fingerprint density at radius 1 is 0.968 bits per heavy atom. The number of benzene rings is 2. The Morgan fingerprint density at radius 2 is 1.77 bits per heavy atom. The number of furan rings is 1. The maximum absolute atomic E-state index is 12.3. The van der Waals surface area contributed by atoms with Crippen molar-refractivity contribution >= 4 is 23.5 Å². The summed E-state index contributed by atoms with van der Waals surface area (Å²) >= 11 is 0. The van der Waals surface area contributed by atoms with Crippen molar-refractivity contribution in [3.63, 3.8) is 0 Å². The van der Waals surface area contributed by atoms with E-state index in [0.717, 1.165) is 16.7 Å². The average Bonchev–Trinajstić information content (AvgIpc) is 3.30. The van der Waals surface area contributed by atoms with E-state index in [1.807, 2.05) is 31.2 Å². The van der Waals surface area contributed by atoms with Crippen molar-refractivity contribution in [3.8, 4) is 0 Å². The molecule has 3 aromatic rings. The van der Waals surface area contributed by atoms with Gasteiger partial charge in [-0.05, 0) is 61.2 Å². The van der Waals surface area contributed by atoms with Gasteiger partial charge in [-0.1, -0.05) is 30.3 Å². The van der Waals surface area contributed by atoms with Crippen LogP contribution in [0, 0.1) is 13.8 Å². The lowest BCUT2D eigenvalue weighted by molar-refractivity contribution is -0.124. The summed E-state index contributed by atoms with van der Waals surface area (Å²) in [7, 11) is 0. The molecule has 160 valence electrons. The van der Waals surface area contributed by atoms with E-state index in [9.17, 15) is 14.4 Å². The molecule has 0 atom stereocenters. The van der Waals surface area contributed by atoms with Gasteiger partial charge in [0, 0.05) is 12.2 Å². The molecule has 0 unspecified atom stereocenters. The van der Waals surface area contributed by atoms with Gasteiger partial charge in [-0.2, -0.15) is 0 Å². The quantitative estimate of drug-likeness (QED) is 0.542. The number of anilines is 1. The molecule has 7 heteroatoms. The third kappa shape index (κ3) is 6.05. The second-order valence-electron chi connectivity index (χ2n) is 7.06. The predicted octanol–water partition coefficient (Wildman–Crippen LogP) is 3.66. The highest BCUT2D eigenvalue weighted by Crippen LogP contribution is 2.19. The van der Waals surface area contributed by atoms with Gasteiger partial charge in [-0.15, -0.1) is 0 Å². The normalized spacial score (nSPS) is 10.4. The van der Waals surface area contributed by atoms with Crippen LogP contribution in [0.5, 0.6) is 0 Å². The van der Waals surface area contributed by atoms with Crippen molar-refractivity contribution in [2.45, 2.75) is 20.3 Å². The molecule has 0 spiro atoms. The van der Waals surface area contributed by atoms with E-state index in [4.69, 9.17) is 9.15 Å². The summed E-state index contributed by atoms with van der Waals surface area (Å²) in [5.41, 5.74) is 3.78. The minimum absolute atomic E-state index is 0.162. The lowest BCUT2D eigenvalue weighted by Crippen LogP contribution is -2.30. The van der Waals surface area contributed by atoms with Gasteiger partial charge in [0.15, 0.2) is 12.4 Å². The van der Waals surface area contributed by atoms with Gasteiger partial charge < -0.3 is 19.8 Å². The Bertz CT molecular complexity index is 1070. The Kier molecular flexibility index (Phi) is 7.22. The molecule has 2 amide bonds. The molecule has 0 aliphatic carbocycles. The molecule has 0 aliphatic heterocycles. The summed E-state index contributed by atoms with van der Waals surface area (Å²) < 4.78 is 10.2. The fourth-order valence-corrected chi connectivity index (χ4v) is 2.97. The smallest absolute Gasteiger partial charge is 0.338 e. The first-order valence-electron chi connectivity index (χ1n) is 9.88. The van der Waals surface area contributed by atoms with Gasteiger partial charge in [0.1, 0.15) is 0 Å². The number of carbonyl (C=O) groups excluding carboxylic acids is 3. The molecule has 0 bridgehead atoms. The number of hydrogen-bond donors (Lipinski definition) is 2. The van der Waals surface area contributed by atoms with E-state index in [2.05, 4.69) is 10.6 Å². The highest BCUT2D eigenvalue weighted by atomic mass is 16.5. The fraction of sp³-hybridized carbons (Fsp3) is 0.208. The van der Waals surface area contributed by atoms with Crippen LogP contribution < -0.4 is 10.6 Å². The molecule has 3 rings (SSSR count). The molecule has 0 saturated heterocycles. The monoisotopic (exact) mass is 420 g/mol. The van der Waals surface area contributed by atoms with Gasteiger partial charge in [0.25, 0.3) is 11.8 Å². The first-order valence-corrected chi connectivity index (χ1v) is 9.88. The fourth-order valence-electron chi connectivity index (χ4n) is 2.97. The lowest BCUT2D eigenvalue weighted by Gasteiger charge is -2.10. The van der Waals surface area contributed by atoms with E-state index < -0.39 is 11.9 Å². The van der Waals surface area contributed by atoms with Crippen LogP contribution in [0.4, 0.5) is 5.69 Å². The van der Waals surface area contributed by atoms with E-state index in [1.165, 1.54) is 12.3 Å². The molecule has 31 heavy (non-hydrogen) atoms. The third-order valence-electron chi connectivity index (χ3n) is 4.78. The number of hydrogen-bond acceptors (Lipinski definition) is 5. The minimum Gasteiger partial charge on any atom is -0.459 e. The molecule has 2 aromatic carbocycles. The standard InChI is InChI=1S/C24H24N2O5/c1-16-6-3-4-7-18(16)11-12-25-22(27)15-31-24(29)19-10-9-17(2)20(14-19)26-23(28)21-8-5-13-30-21/h3-10,13-14H,11-12,15H2,1-2H3,(H,25,27)(H,26,28). The zero-order valence-electron chi connectivity index (χ0n) is 17.4. The van der Waals surface area contributed by atoms with Crippen LogP contribution in [0.1, 0.15) is 37.6 Å². The Morgan fingerprint density at radius 3 is 2.52 bits per heavy atom. The van der Waals surface area contributed by atoms with Gasteiger partial charge in [-0.25, -0.2) is 4.79 Å². The summed E-state index contributed by atoms with van der Waals surface area (Å²) in [5, 5.41) is 5.44. The summed E-state index contributed by atoms with van der Waals surface area (Å²) in [6, 6.07) is 15.9. The number of carbonyl (C=O) groups is 3. The molecular formula is C24H24N2O5. The lowest BCUT2D eigenvalue weighted by atomic mass is 10.1. The first kappa shape index (κ1) is 21.8. The van der Waals surface area contributed by atoms with Crippen LogP contribution in [0.15, 0.2) is 65.3 Å². The van der Waals surface area contributed by atoms with Crippen LogP contribution in [0.3, 0.4) is 0 Å². The highest BCUT2D eigenvalue weighted by Gasteiger charge is 2.15. The summed E-state index contributed by atoms with van der Waals surface area (Å²) in [5.74, 6) is -1.29. The molecule has 0 radical (unpaired) electrons. The molecule has 0 fully saturated rings. The number of aryl methyl sites for hydroxylation is 2. The van der Waals surface area contributed by atoms with Crippen molar-refractivity contribution in [2.75, 3.05) is 18.5 Å². The summed E-state index contributed by atoms with van der Waals surface area (Å²) in [4.78, 5) is 36.5. The maximum atomic E-state index is 12.3. The van der Waals surface area contributed by atoms with Gasteiger partial charge in [-0.3, -0.25) is 9.59 Å². The predicted molar refractivity (Wildman–Crippen MR) is 116 cm³/mol. The largest absolute Gasteiger partial charge is 0.459 e. The highest BCUT2D eigenvalue weighted by molar-refractivity contribution is 6.03. The first-order chi connectivity index (χ1) is 14.9. The van der Waals surface area contributed by atoms with Crippen LogP contribution in [-0.4, -0.2) is 30.9 Å². The number of ether oxygens (including phenoxy) is 1. The second kappa shape index (κ2) is 10.2. The van der Waals surface area contributed by atoms with E-state index >= 15 is 0 Å². The SMILES string of the molecule is Cc1ccccc1CCNC(=O)COC(=O)c1ccc(C)c(NC(=O)c2ccco2)c1. The van der Waals surface area contributed by atoms with Crippen LogP contribution in [-0.2, 0) is 16.0 Å². The minimum atomic E-state index is -0.650. The van der Waals surface area contributed by atoms with Crippen LogP contribution >= 0.6 is 0 Å². The summed E-state index contributed by atoms with van der Waals surface area (Å²) in [6.45, 7) is 3.89. The van der Waals surface area contributed by atoms with E-state index in [-0.39, 0.29) is 23.8 Å². The zero-order chi connectivity index (χ0) is 22.2. The number of nitrogens with one attached hydrogen (secondary N) is 2. The second-order valence-corrected chi connectivity index (χ2v) is 7.06. The Balaban J connectivity index is 1.50. The van der Waals surface area contributed by atoms with Crippen molar-refractivity contribution in [1.29, 1.82) is 0 Å². The number of esters is 1. The van der Waals surface area contributed by atoms with Crippen molar-refractivity contribution < 1.29 is 23.5 Å². The third-order valence-corrected chi connectivity index (χ3v) is 4.78. The van der Waals surface area contributed by atoms with Crippen LogP contribution in [0.25, 0.3) is 0 Å². The van der Waals surface area contributed by atoms with Gasteiger partial charge in [0.05, 0.1) is 11.8 Å². The Labute approximate surface area is 180 Å². The molecule has 1 aromatic heterocycles. The van der Waals surface area contributed by atoms with Crippen molar-refractivity contribution in [1.82, 2.24) is 5.32 Å². The van der Waals surface area contributed by atoms with E-state index in [0.29, 0.717) is 18.7 Å². The van der Waals surface area contributed by atoms with Gasteiger partial charge in [0.2, 0.25) is 0 Å². The molecule has 2 N–H and O–H groups in total. The number of amides is 2. The molecule has 1 heterocycles.